The minimum atomic E-state index is -0.864. The van der Waals surface area contributed by atoms with Crippen molar-refractivity contribution in [1.82, 2.24) is 0 Å². The Morgan fingerprint density at radius 3 is 0.864 bits per heavy atom. The van der Waals surface area contributed by atoms with Crippen molar-refractivity contribution in [2.24, 2.45) is 0 Å². The first-order valence-corrected chi connectivity index (χ1v) is 13.7. The van der Waals surface area contributed by atoms with Gasteiger partial charge in [0.1, 0.15) is 23.0 Å². The molecule has 0 amide bonds. The van der Waals surface area contributed by atoms with Gasteiger partial charge < -0.3 is 18.6 Å². The van der Waals surface area contributed by atoms with Gasteiger partial charge in [-0.25, -0.2) is 0 Å². The Hall–Kier alpha value is -6.61. The molecule has 9 rings (SSSR count). The van der Waals surface area contributed by atoms with E-state index < -0.39 is 14.2 Å². The molecule has 4 aliphatic heterocycles. The maximum atomic E-state index is 9.85. The maximum absolute atomic E-state index is 9.85. The van der Waals surface area contributed by atoms with Crippen molar-refractivity contribution < 1.29 is 18.6 Å². The molecule has 0 N–H and O–H groups in total. The average Bonchev–Trinajstić information content (AvgIpc) is 3.07. The lowest BCUT2D eigenvalue weighted by molar-refractivity contribution is 0.432. The molecule has 0 bridgehead atoms. The summed E-state index contributed by atoms with van der Waals surface area (Å²) in [4.78, 5) is 0. The summed E-state index contributed by atoms with van der Waals surface area (Å²) in [6.07, 6.45) is 0. The molecular weight excluding hydrogens is 550 g/mol. The van der Waals surface area contributed by atoms with Crippen LogP contribution in [-0.2, 0) is 0 Å². The highest BCUT2D eigenvalue weighted by atomic mass is 16.6. The second kappa shape index (κ2) is 8.46. The number of rotatable bonds is 0. The lowest BCUT2D eigenvalue weighted by atomic mass is 9.56. The van der Waals surface area contributed by atoms with E-state index in [0.717, 1.165) is 22.3 Å². The Labute approximate surface area is 251 Å². The van der Waals surface area contributed by atoms with E-state index in [1.54, 1.807) is 72.8 Å². The summed E-state index contributed by atoms with van der Waals surface area (Å²) in [6.45, 7) is 0. The van der Waals surface area contributed by atoms with Gasteiger partial charge in [-0.15, -0.1) is 0 Å². The van der Waals surface area contributed by atoms with Gasteiger partial charge in [-0.2, -0.15) is 21.0 Å². The number of nitrogens with zero attached hydrogens (tertiary/aromatic N) is 4. The molecule has 10 heteroatoms. The second-order valence-electron chi connectivity index (χ2n) is 10.8. The smallest absolute Gasteiger partial charge is 0.521 e. The minimum absolute atomic E-state index is 0.447. The van der Waals surface area contributed by atoms with Crippen molar-refractivity contribution >= 4 is 25.2 Å². The number of nitriles is 4. The molecule has 0 radical (unpaired) electrons. The van der Waals surface area contributed by atoms with Gasteiger partial charge >= 0.3 is 14.2 Å². The van der Waals surface area contributed by atoms with E-state index in [2.05, 4.69) is 24.3 Å². The van der Waals surface area contributed by atoms with Crippen LogP contribution in [0.5, 0.6) is 23.0 Å². The maximum Gasteiger partial charge on any atom is 0.634 e. The van der Waals surface area contributed by atoms with Crippen molar-refractivity contribution in [2.75, 3.05) is 0 Å². The fraction of sp³-hybridized carbons (Fsp3) is 0. The summed E-state index contributed by atoms with van der Waals surface area (Å²) < 4.78 is 26.0. The Balaban J connectivity index is 1.54. The zero-order valence-electron chi connectivity index (χ0n) is 22.5. The highest BCUT2D eigenvalue weighted by Crippen LogP contribution is 2.53. The van der Waals surface area contributed by atoms with Crippen LogP contribution in [0.1, 0.15) is 22.3 Å². The topological polar surface area (TPSA) is 132 Å². The Morgan fingerprint density at radius 1 is 0.386 bits per heavy atom. The van der Waals surface area contributed by atoms with Crippen LogP contribution in [0.2, 0.25) is 0 Å². The first-order chi connectivity index (χ1) is 21.6. The second-order valence-corrected chi connectivity index (χ2v) is 10.8. The van der Waals surface area contributed by atoms with E-state index in [1.807, 2.05) is 0 Å². The normalized spacial score (nSPS) is 13.1. The van der Waals surface area contributed by atoms with E-state index in [0.29, 0.717) is 78.4 Å². The largest absolute Gasteiger partial charge is 0.634 e. The Bertz CT molecular complexity index is 2050. The number of hydrogen-bond donors (Lipinski definition) is 0. The third-order valence-electron chi connectivity index (χ3n) is 8.50. The quantitative estimate of drug-likeness (QED) is 0.246. The van der Waals surface area contributed by atoms with Gasteiger partial charge in [0.25, 0.3) is 0 Å². The fourth-order valence-corrected chi connectivity index (χ4v) is 6.71. The molecule has 0 aliphatic carbocycles. The summed E-state index contributed by atoms with van der Waals surface area (Å²) in [6, 6.07) is 29.9. The molecule has 5 aromatic rings. The lowest BCUT2D eigenvalue weighted by Gasteiger charge is -2.40. The van der Waals surface area contributed by atoms with Crippen molar-refractivity contribution in [3.05, 3.63) is 95.1 Å². The summed E-state index contributed by atoms with van der Waals surface area (Å²) in [5.41, 5.74) is 9.02. The van der Waals surface area contributed by atoms with Gasteiger partial charge in [-0.05, 0) is 95.1 Å². The summed E-state index contributed by atoms with van der Waals surface area (Å²) >= 11 is 0. The monoisotopic (exact) mass is 562 g/mol. The van der Waals surface area contributed by atoms with Crippen LogP contribution in [0.15, 0.2) is 72.8 Å². The molecule has 198 valence electrons. The zero-order valence-corrected chi connectivity index (χ0v) is 22.5. The van der Waals surface area contributed by atoms with E-state index in [1.165, 1.54) is 0 Å². The first kappa shape index (κ1) is 24.0. The van der Waals surface area contributed by atoms with Gasteiger partial charge in [-0.1, -0.05) is 0 Å². The molecule has 5 aromatic carbocycles. The molecule has 0 aromatic heterocycles. The van der Waals surface area contributed by atoms with Crippen LogP contribution in [0.4, 0.5) is 0 Å². The van der Waals surface area contributed by atoms with Crippen LogP contribution < -0.4 is 29.5 Å². The Morgan fingerprint density at radius 2 is 0.636 bits per heavy atom. The summed E-state index contributed by atoms with van der Waals surface area (Å²) in [5.74, 6) is 2.13. The number of benzene rings is 5. The molecule has 0 saturated carbocycles. The molecule has 0 unspecified atom stereocenters. The van der Waals surface area contributed by atoms with E-state index in [9.17, 15) is 21.0 Å². The van der Waals surface area contributed by atoms with Crippen LogP contribution in [0, 0.1) is 45.3 Å². The zero-order chi connectivity index (χ0) is 29.7. The molecule has 0 saturated heterocycles. The first-order valence-electron chi connectivity index (χ1n) is 13.7. The van der Waals surface area contributed by atoms with Crippen LogP contribution in [-0.4, -0.2) is 14.2 Å². The van der Waals surface area contributed by atoms with Crippen LogP contribution >= 0.6 is 0 Å². The van der Waals surface area contributed by atoms with Crippen LogP contribution in [0.3, 0.4) is 0 Å². The van der Waals surface area contributed by atoms with Gasteiger partial charge in [-0.3, -0.25) is 0 Å². The molecule has 0 spiro atoms. The third-order valence-corrected chi connectivity index (χ3v) is 8.50. The van der Waals surface area contributed by atoms with Crippen LogP contribution in [0.25, 0.3) is 44.5 Å². The molecular formula is C34H12B2N4O4. The molecule has 0 atom stereocenters. The van der Waals surface area contributed by atoms with E-state index >= 15 is 0 Å². The Kier molecular flexibility index (Phi) is 4.62. The average molecular weight is 562 g/mol. The van der Waals surface area contributed by atoms with E-state index in [-0.39, 0.29) is 0 Å². The van der Waals surface area contributed by atoms with Gasteiger partial charge in [0, 0.05) is 33.2 Å². The summed E-state index contributed by atoms with van der Waals surface area (Å²) in [7, 11) is -1.73. The summed E-state index contributed by atoms with van der Waals surface area (Å²) in [5, 5.41) is 39.4. The minimum Gasteiger partial charge on any atom is -0.521 e. The van der Waals surface area contributed by atoms with E-state index in [4.69, 9.17) is 18.6 Å². The molecule has 44 heavy (non-hydrogen) atoms. The molecule has 4 aliphatic rings. The van der Waals surface area contributed by atoms with Gasteiger partial charge in [0.2, 0.25) is 0 Å². The SMILES string of the molecule is N#Cc1ccc2c(c1)-c1c3c(c4c5c1-c1cc(C#N)ccc1OB5Oc1ccc(C#N)cc1-4)-c1cc(C#N)ccc1OB3O2. The van der Waals surface area contributed by atoms with Crippen molar-refractivity contribution in [1.29, 1.82) is 21.0 Å². The van der Waals surface area contributed by atoms with Crippen molar-refractivity contribution in [3.63, 3.8) is 0 Å². The molecule has 0 fully saturated rings. The standard InChI is InChI=1S/C34H12B2N4O4/c37-13-17-1-5-25-21(9-17)29-30-22-10-18(14-38)3-7-27(22)43-36-34(30)32(24-12-20(16-40)4-8-28(24)44-36)31-23-11-19(15-39)2-6-26(23)42-35(41-25)33(29)31/h1-12H. The molecule has 8 nitrogen and oxygen atoms in total. The van der Waals surface area contributed by atoms with Gasteiger partial charge in [0.15, 0.2) is 0 Å². The van der Waals surface area contributed by atoms with Crippen molar-refractivity contribution in [2.45, 2.75) is 0 Å². The predicted molar refractivity (Wildman–Crippen MR) is 160 cm³/mol. The highest BCUT2D eigenvalue weighted by molar-refractivity contribution is 6.73. The number of fused-ring (bicyclic) bond motifs is 10. The molecule has 4 heterocycles. The predicted octanol–water partition coefficient (Wildman–Crippen LogP) is 4.80. The number of hydrogen-bond acceptors (Lipinski definition) is 8. The lowest BCUT2D eigenvalue weighted by Crippen LogP contribution is -2.55. The third kappa shape index (κ3) is 3.04. The fourth-order valence-electron chi connectivity index (χ4n) is 6.71. The highest BCUT2D eigenvalue weighted by Gasteiger charge is 2.51. The van der Waals surface area contributed by atoms with Crippen molar-refractivity contribution in [3.8, 4) is 91.8 Å². The van der Waals surface area contributed by atoms with Gasteiger partial charge in [0.05, 0.1) is 46.5 Å².